The van der Waals surface area contributed by atoms with Crippen molar-refractivity contribution in [2.24, 2.45) is 0 Å². The lowest BCUT2D eigenvalue weighted by Crippen LogP contribution is -1.77. The maximum absolute atomic E-state index is 4.12. The number of hydrogen-bond acceptors (Lipinski definition) is 2. The second-order valence-corrected chi connectivity index (χ2v) is 2.32. The van der Waals surface area contributed by atoms with Crippen LogP contribution in [0.2, 0.25) is 0 Å². The Labute approximate surface area is 73.3 Å². The molecule has 2 aromatic rings. The molecule has 2 rings (SSSR count). The number of aromatic amines is 1. The number of pyridine rings is 1. The molecule has 0 amide bonds. The van der Waals surface area contributed by atoms with Gasteiger partial charge in [-0.15, -0.1) is 0 Å². The van der Waals surface area contributed by atoms with Crippen LogP contribution < -0.4 is 0 Å². The Hall–Kier alpha value is -1.38. The first-order chi connectivity index (χ1) is 5.86. The van der Waals surface area contributed by atoms with Gasteiger partial charge in [0, 0.05) is 13.0 Å². The van der Waals surface area contributed by atoms with Gasteiger partial charge in [0.15, 0.2) is 5.65 Å². The quantitative estimate of drug-likeness (QED) is 0.651. The van der Waals surface area contributed by atoms with Crippen LogP contribution in [0.5, 0.6) is 0 Å². The van der Waals surface area contributed by atoms with Gasteiger partial charge in [0.1, 0.15) is 0 Å². The lowest BCUT2D eigenvalue weighted by atomic mass is 10.3. The molecule has 0 spiro atoms. The molecule has 0 aliphatic heterocycles. The van der Waals surface area contributed by atoms with Crippen LogP contribution in [0.1, 0.15) is 20.8 Å². The van der Waals surface area contributed by atoms with Gasteiger partial charge in [-0.3, -0.25) is 5.10 Å². The largest absolute Gasteiger partial charge is 0.261 e. The summed E-state index contributed by atoms with van der Waals surface area (Å²) in [5.74, 6) is 0. The minimum atomic E-state index is 0. The summed E-state index contributed by atoms with van der Waals surface area (Å²) in [5.41, 5.74) is 2.01. The summed E-state index contributed by atoms with van der Waals surface area (Å²) in [6.45, 7) is 6.01. The minimum Gasteiger partial charge on any atom is -0.261 e. The molecule has 0 aliphatic carbocycles. The van der Waals surface area contributed by atoms with Crippen LogP contribution in [0, 0.1) is 6.92 Å². The Morgan fingerprint density at radius 2 is 2.08 bits per heavy atom. The summed E-state index contributed by atoms with van der Waals surface area (Å²) < 4.78 is 0. The fraction of sp³-hybridized carbons (Fsp3) is 0.333. The van der Waals surface area contributed by atoms with E-state index in [1.165, 1.54) is 0 Å². The zero-order valence-electron chi connectivity index (χ0n) is 7.63. The third-order valence-corrected chi connectivity index (χ3v) is 1.43. The van der Waals surface area contributed by atoms with Gasteiger partial charge >= 0.3 is 0 Å². The molecule has 12 heavy (non-hydrogen) atoms. The Balaban J connectivity index is 0.000000451. The van der Waals surface area contributed by atoms with Gasteiger partial charge in [0.2, 0.25) is 0 Å². The molecule has 0 bridgehead atoms. The van der Waals surface area contributed by atoms with Crippen molar-refractivity contribution in [3.8, 4) is 0 Å². The molecular formula is C9H15N3. The van der Waals surface area contributed by atoms with E-state index in [4.69, 9.17) is 0 Å². The number of rotatable bonds is 0. The standard InChI is InChI=1S/C7H7N3.C2H6.H2/c1-5-2-6-4-9-10-7(6)8-3-5;1-2;/h2-4H,1H3,(H,8,9,10);1-2H3;1H. The molecule has 2 aromatic heterocycles. The van der Waals surface area contributed by atoms with Crippen LogP contribution in [0.15, 0.2) is 18.5 Å². The first kappa shape index (κ1) is 8.71. The zero-order valence-corrected chi connectivity index (χ0v) is 7.63. The molecule has 0 aromatic carbocycles. The average Bonchev–Trinajstić information content (AvgIpc) is 2.54. The van der Waals surface area contributed by atoms with Crippen molar-refractivity contribution in [3.63, 3.8) is 0 Å². The van der Waals surface area contributed by atoms with Crippen molar-refractivity contribution in [2.75, 3.05) is 0 Å². The number of aromatic nitrogens is 3. The molecule has 3 heteroatoms. The van der Waals surface area contributed by atoms with E-state index >= 15 is 0 Å². The maximum atomic E-state index is 4.12. The number of H-pyrrole nitrogens is 1. The molecule has 0 radical (unpaired) electrons. The summed E-state index contributed by atoms with van der Waals surface area (Å²) in [7, 11) is 0. The molecule has 0 aliphatic rings. The topological polar surface area (TPSA) is 41.6 Å². The molecule has 3 nitrogen and oxygen atoms in total. The molecule has 0 atom stereocenters. The number of fused-ring (bicyclic) bond motifs is 1. The zero-order chi connectivity index (χ0) is 8.97. The van der Waals surface area contributed by atoms with Crippen molar-refractivity contribution >= 4 is 11.0 Å². The minimum absolute atomic E-state index is 0. The molecule has 66 valence electrons. The van der Waals surface area contributed by atoms with E-state index < -0.39 is 0 Å². The molecule has 0 saturated heterocycles. The monoisotopic (exact) mass is 165 g/mol. The molecular weight excluding hydrogens is 150 g/mol. The van der Waals surface area contributed by atoms with E-state index in [2.05, 4.69) is 15.2 Å². The second-order valence-electron chi connectivity index (χ2n) is 2.32. The highest BCUT2D eigenvalue weighted by Crippen LogP contribution is 2.07. The van der Waals surface area contributed by atoms with Gasteiger partial charge in [-0.1, -0.05) is 13.8 Å². The Morgan fingerprint density at radius 1 is 1.33 bits per heavy atom. The van der Waals surface area contributed by atoms with E-state index in [0.717, 1.165) is 16.6 Å². The Morgan fingerprint density at radius 3 is 2.83 bits per heavy atom. The lowest BCUT2D eigenvalue weighted by molar-refractivity contribution is 1.10. The van der Waals surface area contributed by atoms with E-state index in [9.17, 15) is 0 Å². The smallest absolute Gasteiger partial charge is 0.155 e. The normalized spacial score (nSPS) is 9.25. The first-order valence-corrected chi connectivity index (χ1v) is 4.12. The first-order valence-electron chi connectivity index (χ1n) is 4.12. The number of hydrogen-bond donors (Lipinski definition) is 1. The fourth-order valence-electron chi connectivity index (χ4n) is 0.947. The highest BCUT2D eigenvalue weighted by Gasteiger charge is 1.93. The SMILES string of the molecule is CC.Cc1cnc2[nH]ncc2c1.[HH]. The lowest BCUT2D eigenvalue weighted by Gasteiger charge is -1.88. The van der Waals surface area contributed by atoms with Crippen molar-refractivity contribution in [1.82, 2.24) is 15.2 Å². The number of nitrogens with zero attached hydrogens (tertiary/aromatic N) is 2. The van der Waals surface area contributed by atoms with Gasteiger partial charge in [-0.05, 0) is 18.6 Å². The third-order valence-electron chi connectivity index (χ3n) is 1.43. The van der Waals surface area contributed by atoms with E-state index in [1.54, 1.807) is 6.20 Å². The number of nitrogens with one attached hydrogen (secondary N) is 1. The number of aryl methyl sites for hydroxylation is 1. The van der Waals surface area contributed by atoms with Crippen LogP contribution in [0.25, 0.3) is 11.0 Å². The summed E-state index contributed by atoms with van der Waals surface area (Å²) >= 11 is 0. The van der Waals surface area contributed by atoms with Crippen molar-refractivity contribution in [1.29, 1.82) is 0 Å². The highest BCUT2D eigenvalue weighted by atomic mass is 15.1. The van der Waals surface area contributed by atoms with Gasteiger partial charge in [-0.2, -0.15) is 5.10 Å². The second kappa shape index (κ2) is 3.85. The molecule has 0 saturated carbocycles. The Kier molecular flexibility index (Phi) is 2.80. The van der Waals surface area contributed by atoms with Crippen molar-refractivity contribution < 1.29 is 1.43 Å². The fourth-order valence-corrected chi connectivity index (χ4v) is 0.947. The van der Waals surface area contributed by atoms with Crippen molar-refractivity contribution in [3.05, 3.63) is 24.0 Å². The van der Waals surface area contributed by atoms with Crippen LogP contribution in [-0.2, 0) is 0 Å². The van der Waals surface area contributed by atoms with Crippen LogP contribution >= 0.6 is 0 Å². The summed E-state index contributed by atoms with van der Waals surface area (Å²) in [5, 5.41) is 7.71. The molecule has 2 heterocycles. The third kappa shape index (κ3) is 1.61. The van der Waals surface area contributed by atoms with E-state index in [1.807, 2.05) is 33.0 Å². The molecule has 0 unspecified atom stereocenters. The van der Waals surface area contributed by atoms with Crippen LogP contribution in [-0.4, -0.2) is 15.2 Å². The van der Waals surface area contributed by atoms with Gasteiger partial charge in [0.25, 0.3) is 0 Å². The molecule has 0 fully saturated rings. The van der Waals surface area contributed by atoms with Crippen LogP contribution in [0.3, 0.4) is 0 Å². The molecule has 1 N–H and O–H groups in total. The van der Waals surface area contributed by atoms with Gasteiger partial charge < -0.3 is 0 Å². The van der Waals surface area contributed by atoms with Crippen molar-refractivity contribution in [2.45, 2.75) is 20.8 Å². The predicted octanol–water partition coefficient (Wildman–Crippen LogP) is 2.54. The highest BCUT2D eigenvalue weighted by molar-refractivity contribution is 5.73. The summed E-state index contributed by atoms with van der Waals surface area (Å²) in [6.07, 6.45) is 3.59. The van der Waals surface area contributed by atoms with Gasteiger partial charge in [0.05, 0.1) is 6.20 Å². The van der Waals surface area contributed by atoms with Gasteiger partial charge in [-0.25, -0.2) is 4.98 Å². The Bertz CT molecular complexity index is 356. The predicted molar refractivity (Wildman–Crippen MR) is 52.1 cm³/mol. The average molecular weight is 165 g/mol. The summed E-state index contributed by atoms with van der Waals surface area (Å²) in [4.78, 5) is 4.12. The summed E-state index contributed by atoms with van der Waals surface area (Å²) in [6, 6.07) is 2.05. The van der Waals surface area contributed by atoms with Crippen LogP contribution in [0.4, 0.5) is 0 Å². The van der Waals surface area contributed by atoms with E-state index in [0.29, 0.717) is 0 Å². The van der Waals surface area contributed by atoms with E-state index in [-0.39, 0.29) is 1.43 Å². The maximum Gasteiger partial charge on any atom is 0.155 e.